The lowest BCUT2D eigenvalue weighted by atomic mass is 10.3. The Hall–Kier alpha value is -2.61. The molecule has 1 aromatic carbocycles. The molecule has 2 N–H and O–H groups in total. The minimum atomic E-state index is -0.322. The van der Waals surface area contributed by atoms with Crippen LogP contribution < -0.4 is 10.6 Å². The van der Waals surface area contributed by atoms with E-state index in [-0.39, 0.29) is 24.3 Å². The summed E-state index contributed by atoms with van der Waals surface area (Å²) in [6.45, 7) is -0.0690. The molecule has 0 saturated heterocycles. The number of rotatable bonds is 4. The van der Waals surface area contributed by atoms with Crippen molar-refractivity contribution in [1.29, 1.82) is 0 Å². The van der Waals surface area contributed by atoms with Crippen LogP contribution in [0.25, 0.3) is 0 Å². The van der Waals surface area contributed by atoms with Crippen LogP contribution in [0.3, 0.4) is 0 Å². The van der Waals surface area contributed by atoms with Gasteiger partial charge in [-0.25, -0.2) is 4.79 Å². The number of halogens is 1. The van der Waals surface area contributed by atoms with Crippen molar-refractivity contribution in [1.82, 2.24) is 19.9 Å². The van der Waals surface area contributed by atoms with Gasteiger partial charge in [0.25, 0.3) is 0 Å². The van der Waals surface area contributed by atoms with Gasteiger partial charge in [0.15, 0.2) is 5.82 Å². The normalized spacial score (nSPS) is 10.1. The molecule has 2 aromatic rings. The van der Waals surface area contributed by atoms with Crippen molar-refractivity contribution >= 4 is 35.0 Å². The third kappa shape index (κ3) is 4.45. The number of carbonyl (C=O) groups is 2. The van der Waals surface area contributed by atoms with Gasteiger partial charge in [-0.2, -0.15) is 9.90 Å². The zero-order chi connectivity index (χ0) is 16.1. The van der Waals surface area contributed by atoms with Gasteiger partial charge >= 0.3 is 6.03 Å². The standard InChI is InChI=1S/C13H15ClN6O2/c1-19(2)13(22)17-11-7-15-20(18-11)8-12(21)16-10-5-3-9(14)4-6-10/h3-7H,8H2,1-2H3,(H,16,21)(H,17,18,22). The Morgan fingerprint density at radius 1 is 1.23 bits per heavy atom. The van der Waals surface area contributed by atoms with Crippen molar-refractivity contribution in [2.24, 2.45) is 0 Å². The molecule has 3 amide bonds. The van der Waals surface area contributed by atoms with Gasteiger partial charge in [0.05, 0.1) is 6.20 Å². The number of carbonyl (C=O) groups excluding carboxylic acids is 2. The van der Waals surface area contributed by atoms with Crippen LogP contribution in [0.1, 0.15) is 0 Å². The molecule has 0 atom stereocenters. The summed E-state index contributed by atoms with van der Waals surface area (Å²) in [5.41, 5.74) is 0.627. The SMILES string of the molecule is CN(C)C(=O)Nc1cnn(CC(=O)Nc2ccc(Cl)cc2)n1. The lowest BCUT2D eigenvalue weighted by Gasteiger charge is -2.09. The molecular weight excluding hydrogens is 308 g/mol. The van der Waals surface area contributed by atoms with Crippen LogP contribution in [-0.4, -0.2) is 45.9 Å². The third-order valence-electron chi connectivity index (χ3n) is 2.59. The highest BCUT2D eigenvalue weighted by molar-refractivity contribution is 6.30. The van der Waals surface area contributed by atoms with E-state index in [0.717, 1.165) is 0 Å². The highest BCUT2D eigenvalue weighted by Gasteiger charge is 2.09. The monoisotopic (exact) mass is 322 g/mol. The summed E-state index contributed by atoms with van der Waals surface area (Å²) in [5, 5.41) is 13.7. The number of nitrogens with one attached hydrogen (secondary N) is 2. The molecule has 0 bridgehead atoms. The number of aromatic nitrogens is 3. The van der Waals surface area contributed by atoms with Crippen LogP contribution in [0.2, 0.25) is 5.02 Å². The van der Waals surface area contributed by atoms with Gasteiger partial charge in [0, 0.05) is 24.8 Å². The molecule has 1 aromatic heterocycles. The van der Waals surface area contributed by atoms with Crippen LogP contribution >= 0.6 is 11.6 Å². The summed E-state index contributed by atoms with van der Waals surface area (Å²) in [6.07, 6.45) is 1.37. The molecule has 0 aliphatic heterocycles. The van der Waals surface area contributed by atoms with Crippen molar-refractivity contribution < 1.29 is 9.59 Å². The fourth-order valence-corrected chi connectivity index (χ4v) is 1.64. The van der Waals surface area contributed by atoms with Gasteiger partial charge in [-0.05, 0) is 24.3 Å². The Labute approximate surface area is 132 Å². The quantitative estimate of drug-likeness (QED) is 0.895. The van der Waals surface area contributed by atoms with E-state index in [1.807, 2.05) is 0 Å². The van der Waals surface area contributed by atoms with E-state index in [1.54, 1.807) is 38.4 Å². The first-order chi connectivity index (χ1) is 10.4. The summed E-state index contributed by atoms with van der Waals surface area (Å²) in [6, 6.07) is 6.42. The molecule has 9 heteroatoms. The van der Waals surface area contributed by atoms with E-state index in [9.17, 15) is 9.59 Å². The van der Waals surface area contributed by atoms with Crippen LogP contribution in [0.5, 0.6) is 0 Å². The second-order valence-electron chi connectivity index (χ2n) is 4.64. The molecule has 116 valence electrons. The lowest BCUT2D eigenvalue weighted by molar-refractivity contribution is -0.117. The molecule has 0 spiro atoms. The number of anilines is 2. The highest BCUT2D eigenvalue weighted by Crippen LogP contribution is 2.13. The minimum absolute atomic E-state index is 0.0690. The maximum absolute atomic E-state index is 11.9. The van der Waals surface area contributed by atoms with Crippen molar-refractivity contribution in [3.05, 3.63) is 35.5 Å². The Balaban J connectivity index is 1.90. The van der Waals surface area contributed by atoms with Gasteiger partial charge in [0.1, 0.15) is 6.54 Å². The Morgan fingerprint density at radius 2 is 1.91 bits per heavy atom. The number of nitrogens with zero attached hydrogens (tertiary/aromatic N) is 4. The first-order valence-electron chi connectivity index (χ1n) is 6.38. The molecule has 0 aliphatic carbocycles. The number of benzene rings is 1. The molecule has 8 nitrogen and oxygen atoms in total. The van der Waals surface area contributed by atoms with Crippen molar-refractivity contribution in [3.63, 3.8) is 0 Å². The predicted molar refractivity (Wildman–Crippen MR) is 82.8 cm³/mol. The summed E-state index contributed by atoms with van der Waals surface area (Å²) in [7, 11) is 3.22. The lowest BCUT2D eigenvalue weighted by Crippen LogP contribution is -2.27. The topological polar surface area (TPSA) is 92.2 Å². The van der Waals surface area contributed by atoms with Gasteiger partial charge < -0.3 is 10.2 Å². The van der Waals surface area contributed by atoms with Crippen LogP contribution in [-0.2, 0) is 11.3 Å². The van der Waals surface area contributed by atoms with E-state index in [1.165, 1.54) is 15.9 Å². The van der Waals surface area contributed by atoms with Crippen molar-refractivity contribution in [3.8, 4) is 0 Å². The number of hydrogen-bond donors (Lipinski definition) is 2. The number of hydrogen-bond acceptors (Lipinski definition) is 4. The molecule has 22 heavy (non-hydrogen) atoms. The zero-order valence-electron chi connectivity index (χ0n) is 12.1. The average molecular weight is 323 g/mol. The summed E-state index contributed by atoms with van der Waals surface area (Å²) < 4.78 is 0. The fourth-order valence-electron chi connectivity index (χ4n) is 1.51. The highest BCUT2D eigenvalue weighted by atomic mass is 35.5. The van der Waals surface area contributed by atoms with E-state index in [0.29, 0.717) is 10.7 Å². The van der Waals surface area contributed by atoms with E-state index in [4.69, 9.17) is 11.6 Å². The summed E-state index contributed by atoms with van der Waals surface area (Å²) in [5.74, 6) is -0.0126. The van der Waals surface area contributed by atoms with Crippen molar-refractivity contribution in [2.75, 3.05) is 24.7 Å². The maximum Gasteiger partial charge on any atom is 0.322 e. The molecule has 2 rings (SSSR count). The zero-order valence-corrected chi connectivity index (χ0v) is 12.8. The summed E-state index contributed by atoms with van der Waals surface area (Å²) >= 11 is 5.77. The van der Waals surface area contributed by atoms with Crippen molar-refractivity contribution in [2.45, 2.75) is 6.54 Å². The van der Waals surface area contributed by atoms with Gasteiger partial charge in [-0.15, -0.1) is 5.10 Å². The van der Waals surface area contributed by atoms with Crippen LogP contribution in [0, 0.1) is 0 Å². The van der Waals surface area contributed by atoms with Crippen LogP contribution in [0.4, 0.5) is 16.3 Å². The smallest absolute Gasteiger partial charge is 0.322 e. The van der Waals surface area contributed by atoms with Gasteiger partial charge in [0.2, 0.25) is 5.91 Å². The molecule has 0 fully saturated rings. The maximum atomic E-state index is 11.9. The largest absolute Gasteiger partial charge is 0.331 e. The minimum Gasteiger partial charge on any atom is -0.331 e. The Kier molecular flexibility index (Phi) is 4.95. The Bertz CT molecular complexity index is 667. The van der Waals surface area contributed by atoms with E-state index in [2.05, 4.69) is 20.8 Å². The molecule has 0 radical (unpaired) electrons. The van der Waals surface area contributed by atoms with E-state index >= 15 is 0 Å². The van der Waals surface area contributed by atoms with Crippen LogP contribution in [0.15, 0.2) is 30.5 Å². The third-order valence-corrected chi connectivity index (χ3v) is 2.84. The molecule has 0 aliphatic rings. The molecule has 0 saturated carbocycles. The molecule has 1 heterocycles. The Morgan fingerprint density at radius 3 is 2.55 bits per heavy atom. The first-order valence-corrected chi connectivity index (χ1v) is 6.75. The number of urea groups is 1. The van der Waals surface area contributed by atoms with Gasteiger partial charge in [-0.3, -0.25) is 10.1 Å². The molecule has 0 unspecified atom stereocenters. The average Bonchev–Trinajstić information content (AvgIpc) is 2.88. The second-order valence-corrected chi connectivity index (χ2v) is 5.08. The molecular formula is C13H15ClN6O2. The van der Waals surface area contributed by atoms with E-state index < -0.39 is 0 Å². The second kappa shape index (κ2) is 6.90. The predicted octanol–water partition coefficient (Wildman–Crippen LogP) is 1.66. The van der Waals surface area contributed by atoms with Gasteiger partial charge in [-0.1, -0.05) is 11.6 Å². The fraction of sp³-hybridized carbons (Fsp3) is 0.231. The first kappa shape index (κ1) is 15.8. The number of amides is 3. The summed E-state index contributed by atoms with van der Waals surface area (Å²) in [4.78, 5) is 25.9.